The molecule has 0 atom stereocenters. The van der Waals surface area contributed by atoms with Crippen LogP contribution in [0.15, 0.2) is 30.6 Å². The van der Waals surface area contributed by atoms with Gasteiger partial charge in [-0.1, -0.05) is 17.7 Å². The minimum Gasteiger partial charge on any atom is -0.298 e. The summed E-state index contributed by atoms with van der Waals surface area (Å²) in [6, 6.07) is 4.48. The highest BCUT2D eigenvalue weighted by Gasteiger charge is 2.17. The Morgan fingerprint density at radius 2 is 2.28 bits per heavy atom. The summed E-state index contributed by atoms with van der Waals surface area (Å²) < 4.78 is 1.43. The van der Waals surface area contributed by atoms with Crippen molar-refractivity contribution in [1.29, 1.82) is 0 Å². The molecular formula is C11H8ClN3O3. The van der Waals surface area contributed by atoms with Gasteiger partial charge in [0.15, 0.2) is 6.29 Å². The van der Waals surface area contributed by atoms with Crippen molar-refractivity contribution < 1.29 is 9.72 Å². The Hall–Kier alpha value is -2.21. The second kappa shape index (κ2) is 4.97. The number of hydrogen-bond donors (Lipinski definition) is 0. The Kier molecular flexibility index (Phi) is 3.38. The van der Waals surface area contributed by atoms with Crippen molar-refractivity contribution in [2.45, 2.75) is 6.54 Å². The predicted octanol–water partition coefficient (Wildman–Crippen LogP) is 2.31. The van der Waals surface area contributed by atoms with E-state index in [0.717, 1.165) is 0 Å². The van der Waals surface area contributed by atoms with Crippen molar-refractivity contribution in [3.8, 4) is 0 Å². The summed E-state index contributed by atoms with van der Waals surface area (Å²) in [6.07, 6.45) is 3.54. The molecule has 1 heterocycles. The van der Waals surface area contributed by atoms with Gasteiger partial charge in [0.05, 0.1) is 33.8 Å². The summed E-state index contributed by atoms with van der Waals surface area (Å²) in [5, 5.41) is 15.1. The lowest BCUT2D eigenvalue weighted by Crippen LogP contribution is -2.04. The van der Waals surface area contributed by atoms with E-state index in [1.54, 1.807) is 6.07 Å². The van der Waals surface area contributed by atoms with Crippen molar-refractivity contribution in [1.82, 2.24) is 9.78 Å². The van der Waals surface area contributed by atoms with E-state index in [1.807, 2.05) is 0 Å². The zero-order chi connectivity index (χ0) is 13.1. The van der Waals surface area contributed by atoms with Crippen LogP contribution in [0.25, 0.3) is 0 Å². The number of aldehydes is 1. The van der Waals surface area contributed by atoms with Crippen molar-refractivity contribution in [2.75, 3.05) is 0 Å². The third kappa shape index (κ3) is 2.38. The fourth-order valence-electron chi connectivity index (χ4n) is 1.56. The molecule has 1 aromatic carbocycles. The third-order valence-electron chi connectivity index (χ3n) is 2.40. The van der Waals surface area contributed by atoms with E-state index < -0.39 is 4.92 Å². The van der Waals surface area contributed by atoms with Gasteiger partial charge in [0.1, 0.15) is 0 Å². The van der Waals surface area contributed by atoms with E-state index in [-0.39, 0.29) is 12.2 Å². The van der Waals surface area contributed by atoms with Gasteiger partial charge in [-0.15, -0.1) is 0 Å². The van der Waals surface area contributed by atoms with Gasteiger partial charge >= 0.3 is 0 Å². The molecule has 18 heavy (non-hydrogen) atoms. The van der Waals surface area contributed by atoms with Gasteiger partial charge in [-0.05, 0) is 6.07 Å². The van der Waals surface area contributed by atoms with Crippen LogP contribution >= 0.6 is 11.6 Å². The predicted molar refractivity (Wildman–Crippen MR) is 64.8 cm³/mol. The molecule has 0 saturated heterocycles. The Labute approximate surface area is 107 Å². The van der Waals surface area contributed by atoms with Gasteiger partial charge in [0.2, 0.25) is 0 Å². The number of benzene rings is 1. The summed E-state index contributed by atoms with van der Waals surface area (Å²) in [7, 11) is 0. The van der Waals surface area contributed by atoms with Crippen molar-refractivity contribution in [3.05, 3.63) is 56.9 Å². The van der Waals surface area contributed by atoms with Gasteiger partial charge in [-0.25, -0.2) is 0 Å². The molecule has 6 nitrogen and oxygen atoms in total. The van der Waals surface area contributed by atoms with E-state index in [4.69, 9.17) is 11.6 Å². The van der Waals surface area contributed by atoms with Gasteiger partial charge in [0.25, 0.3) is 5.69 Å². The van der Waals surface area contributed by atoms with Crippen LogP contribution in [0.2, 0.25) is 5.02 Å². The number of nitro benzene ring substituents is 1. The number of carbonyl (C=O) groups excluding carboxylic acids is 1. The first-order valence-electron chi connectivity index (χ1n) is 5.01. The van der Waals surface area contributed by atoms with Crippen LogP contribution < -0.4 is 0 Å². The zero-order valence-corrected chi connectivity index (χ0v) is 9.87. The number of halogens is 1. The van der Waals surface area contributed by atoms with E-state index in [0.29, 0.717) is 22.4 Å². The average molecular weight is 266 g/mol. The SMILES string of the molecule is O=Cc1cnn(Cc2c(Cl)cccc2[N+](=O)[O-])c1. The largest absolute Gasteiger partial charge is 0.298 e. The maximum atomic E-state index is 10.9. The molecule has 0 N–H and O–H groups in total. The Morgan fingerprint density at radius 3 is 2.89 bits per heavy atom. The first kappa shape index (κ1) is 12.3. The fourth-order valence-corrected chi connectivity index (χ4v) is 1.79. The van der Waals surface area contributed by atoms with Crippen LogP contribution in [0.1, 0.15) is 15.9 Å². The molecule has 7 heteroatoms. The summed E-state index contributed by atoms with van der Waals surface area (Å²) in [5.74, 6) is 0. The Morgan fingerprint density at radius 1 is 1.50 bits per heavy atom. The van der Waals surface area contributed by atoms with Crippen LogP contribution in [0.3, 0.4) is 0 Å². The molecule has 2 aromatic rings. The van der Waals surface area contributed by atoms with E-state index in [1.165, 1.54) is 29.2 Å². The quantitative estimate of drug-likeness (QED) is 0.483. The maximum absolute atomic E-state index is 10.9. The van der Waals surface area contributed by atoms with Crippen molar-refractivity contribution in [3.63, 3.8) is 0 Å². The summed E-state index contributed by atoms with van der Waals surface area (Å²) in [5.41, 5.74) is 0.708. The molecule has 92 valence electrons. The second-order valence-electron chi connectivity index (χ2n) is 3.58. The number of nitrogens with zero attached hydrogens (tertiary/aromatic N) is 3. The lowest BCUT2D eigenvalue weighted by atomic mass is 10.2. The molecule has 0 amide bonds. The number of aromatic nitrogens is 2. The first-order chi connectivity index (χ1) is 8.61. The minimum absolute atomic E-state index is 0.0642. The lowest BCUT2D eigenvalue weighted by Gasteiger charge is -2.05. The highest BCUT2D eigenvalue weighted by atomic mass is 35.5. The Balaban J connectivity index is 2.38. The van der Waals surface area contributed by atoms with Crippen molar-refractivity contribution in [2.24, 2.45) is 0 Å². The normalized spacial score (nSPS) is 10.3. The highest BCUT2D eigenvalue weighted by Crippen LogP contribution is 2.26. The van der Waals surface area contributed by atoms with Crippen molar-refractivity contribution >= 4 is 23.6 Å². The molecule has 0 aliphatic rings. The summed E-state index contributed by atoms with van der Waals surface area (Å²) >= 11 is 5.95. The topological polar surface area (TPSA) is 78.0 Å². The van der Waals surface area contributed by atoms with Crippen LogP contribution in [-0.4, -0.2) is 21.0 Å². The first-order valence-corrected chi connectivity index (χ1v) is 5.39. The number of hydrogen-bond acceptors (Lipinski definition) is 4. The molecule has 2 rings (SSSR count). The van der Waals surface area contributed by atoms with E-state index >= 15 is 0 Å². The van der Waals surface area contributed by atoms with Gasteiger partial charge in [-0.2, -0.15) is 5.10 Å². The van der Waals surface area contributed by atoms with Gasteiger partial charge < -0.3 is 0 Å². The van der Waals surface area contributed by atoms with Crippen LogP contribution in [-0.2, 0) is 6.54 Å². The van der Waals surface area contributed by atoms with Crippen LogP contribution in [0.4, 0.5) is 5.69 Å². The monoisotopic (exact) mass is 265 g/mol. The minimum atomic E-state index is -0.495. The third-order valence-corrected chi connectivity index (χ3v) is 2.75. The standard InChI is InChI=1S/C11H8ClN3O3/c12-10-2-1-3-11(15(17)18)9(10)6-14-5-8(7-16)4-13-14/h1-5,7H,6H2. The fraction of sp³-hybridized carbons (Fsp3) is 0.0909. The molecule has 0 saturated carbocycles. The zero-order valence-electron chi connectivity index (χ0n) is 9.12. The van der Waals surface area contributed by atoms with E-state index in [2.05, 4.69) is 5.10 Å². The number of rotatable bonds is 4. The average Bonchev–Trinajstić information content (AvgIpc) is 2.79. The number of carbonyl (C=O) groups is 1. The van der Waals surface area contributed by atoms with E-state index in [9.17, 15) is 14.9 Å². The van der Waals surface area contributed by atoms with Crippen LogP contribution in [0.5, 0.6) is 0 Å². The molecule has 0 aliphatic carbocycles. The van der Waals surface area contributed by atoms with Crippen LogP contribution in [0, 0.1) is 10.1 Å². The smallest absolute Gasteiger partial charge is 0.275 e. The molecule has 0 aliphatic heterocycles. The maximum Gasteiger partial charge on any atom is 0.275 e. The molecule has 0 unspecified atom stereocenters. The molecule has 0 fully saturated rings. The second-order valence-corrected chi connectivity index (χ2v) is 3.99. The molecule has 0 spiro atoms. The molecular weight excluding hydrogens is 258 g/mol. The highest BCUT2D eigenvalue weighted by molar-refractivity contribution is 6.31. The summed E-state index contributed by atoms with van der Waals surface area (Å²) in [6.45, 7) is 0.143. The Bertz CT molecular complexity index is 609. The number of nitro groups is 1. The lowest BCUT2D eigenvalue weighted by molar-refractivity contribution is -0.385. The molecule has 0 radical (unpaired) electrons. The van der Waals surface area contributed by atoms with Gasteiger partial charge in [0, 0.05) is 12.3 Å². The van der Waals surface area contributed by atoms with Gasteiger partial charge in [-0.3, -0.25) is 19.6 Å². The molecule has 1 aromatic heterocycles. The summed E-state index contributed by atoms with van der Waals surface area (Å²) in [4.78, 5) is 20.9. The molecule has 0 bridgehead atoms.